The molecule has 0 aliphatic heterocycles. The number of methoxy groups -OCH3 is 1. The SMILES string of the molecule is C=C(F)C(=O)Nc1ccc(-c2ccc3onc(N)c3c2-c2ccc(C(=O)NCC(F)(F)CO)c(OC)c2)c(C)c1. The molecule has 40 heavy (non-hydrogen) atoms. The second-order valence-corrected chi connectivity index (χ2v) is 8.93. The molecular formula is C28H25F3N4O5. The van der Waals surface area contributed by atoms with E-state index in [-0.39, 0.29) is 17.1 Å². The van der Waals surface area contributed by atoms with E-state index in [0.717, 1.165) is 11.1 Å². The summed E-state index contributed by atoms with van der Waals surface area (Å²) in [5, 5.41) is 17.6. The minimum Gasteiger partial charge on any atom is -0.496 e. The minimum atomic E-state index is -3.48. The molecule has 0 fully saturated rings. The number of nitrogens with two attached hydrogens (primary N) is 1. The molecule has 0 spiro atoms. The number of aliphatic hydroxyl groups is 1. The maximum Gasteiger partial charge on any atom is 0.287 e. The van der Waals surface area contributed by atoms with Crippen molar-refractivity contribution in [3.05, 3.63) is 72.1 Å². The Kier molecular flexibility index (Phi) is 7.82. The first-order chi connectivity index (χ1) is 19.0. The number of amides is 2. The molecular weight excluding hydrogens is 529 g/mol. The topological polar surface area (TPSA) is 140 Å². The highest BCUT2D eigenvalue weighted by molar-refractivity contribution is 6.08. The largest absolute Gasteiger partial charge is 0.496 e. The third kappa shape index (κ3) is 5.61. The number of rotatable bonds is 9. The molecule has 1 aromatic heterocycles. The lowest BCUT2D eigenvalue weighted by atomic mass is 9.89. The van der Waals surface area contributed by atoms with Crippen molar-refractivity contribution in [3.63, 3.8) is 0 Å². The van der Waals surface area contributed by atoms with Crippen LogP contribution < -0.4 is 21.1 Å². The number of hydrogen-bond acceptors (Lipinski definition) is 7. The zero-order valence-electron chi connectivity index (χ0n) is 21.5. The Morgan fingerprint density at radius 3 is 2.52 bits per heavy atom. The smallest absolute Gasteiger partial charge is 0.287 e. The number of benzene rings is 3. The highest BCUT2D eigenvalue weighted by Crippen LogP contribution is 2.43. The fourth-order valence-electron chi connectivity index (χ4n) is 4.22. The van der Waals surface area contributed by atoms with E-state index < -0.39 is 36.7 Å². The van der Waals surface area contributed by atoms with Gasteiger partial charge in [-0.3, -0.25) is 9.59 Å². The Morgan fingerprint density at radius 2 is 1.88 bits per heavy atom. The lowest BCUT2D eigenvalue weighted by Gasteiger charge is -2.17. The van der Waals surface area contributed by atoms with Crippen molar-refractivity contribution in [1.29, 1.82) is 0 Å². The summed E-state index contributed by atoms with van der Waals surface area (Å²) < 4.78 is 50.8. The first kappa shape index (κ1) is 28.2. The quantitative estimate of drug-likeness (QED) is 0.217. The second-order valence-electron chi connectivity index (χ2n) is 8.93. The van der Waals surface area contributed by atoms with Gasteiger partial charge in [-0.25, -0.2) is 13.2 Å². The van der Waals surface area contributed by atoms with Crippen LogP contribution in [0.1, 0.15) is 15.9 Å². The van der Waals surface area contributed by atoms with Gasteiger partial charge in [-0.2, -0.15) is 0 Å². The molecule has 4 aromatic rings. The number of halogens is 3. The molecule has 9 nitrogen and oxygen atoms in total. The predicted molar refractivity (Wildman–Crippen MR) is 144 cm³/mol. The molecule has 2 amide bonds. The fraction of sp³-hybridized carbons (Fsp3) is 0.179. The zero-order valence-corrected chi connectivity index (χ0v) is 21.5. The van der Waals surface area contributed by atoms with Gasteiger partial charge in [0.1, 0.15) is 12.4 Å². The van der Waals surface area contributed by atoms with Gasteiger partial charge in [-0.15, -0.1) is 0 Å². The van der Waals surface area contributed by atoms with Crippen molar-refractivity contribution in [2.45, 2.75) is 12.8 Å². The van der Waals surface area contributed by atoms with Gasteiger partial charge < -0.3 is 30.7 Å². The summed E-state index contributed by atoms with van der Waals surface area (Å²) in [6.45, 7) is 2.33. The van der Waals surface area contributed by atoms with Crippen LogP contribution in [0.25, 0.3) is 33.2 Å². The number of anilines is 2. The number of nitrogen functional groups attached to an aromatic ring is 1. The number of aromatic nitrogens is 1. The van der Waals surface area contributed by atoms with E-state index in [1.54, 1.807) is 49.4 Å². The number of nitrogens with zero attached hydrogens (tertiary/aromatic N) is 1. The van der Waals surface area contributed by atoms with Crippen LogP contribution in [0.15, 0.2) is 65.5 Å². The lowest BCUT2D eigenvalue weighted by Crippen LogP contribution is -2.39. The lowest BCUT2D eigenvalue weighted by molar-refractivity contribution is -0.114. The summed E-state index contributed by atoms with van der Waals surface area (Å²) in [7, 11) is 1.33. The van der Waals surface area contributed by atoms with Crippen LogP contribution in [0.2, 0.25) is 0 Å². The van der Waals surface area contributed by atoms with Crippen LogP contribution >= 0.6 is 0 Å². The number of aryl methyl sites for hydroxylation is 1. The van der Waals surface area contributed by atoms with E-state index in [2.05, 4.69) is 22.4 Å². The summed E-state index contributed by atoms with van der Waals surface area (Å²) in [6.07, 6.45) is 0. The van der Waals surface area contributed by atoms with Gasteiger partial charge in [-0.05, 0) is 65.6 Å². The average Bonchev–Trinajstić information content (AvgIpc) is 3.31. The molecule has 4 rings (SSSR count). The number of carbonyl (C=O) groups excluding carboxylic acids is 2. The van der Waals surface area contributed by atoms with Crippen molar-refractivity contribution in [1.82, 2.24) is 10.5 Å². The number of aliphatic hydroxyl groups excluding tert-OH is 1. The molecule has 0 atom stereocenters. The van der Waals surface area contributed by atoms with Crippen LogP contribution in [-0.4, -0.2) is 48.3 Å². The third-order valence-corrected chi connectivity index (χ3v) is 6.16. The maximum absolute atomic E-state index is 13.4. The number of fused-ring (bicyclic) bond motifs is 1. The van der Waals surface area contributed by atoms with Crippen molar-refractivity contribution in [3.8, 4) is 28.0 Å². The molecule has 3 aromatic carbocycles. The van der Waals surface area contributed by atoms with Gasteiger partial charge in [0, 0.05) is 11.3 Å². The van der Waals surface area contributed by atoms with Gasteiger partial charge in [-0.1, -0.05) is 23.9 Å². The summed E-state index contributed by atoms with van der Waals surface area (Å²) in [5.41, 5.74) is 10.2. The van der Waals surface area contributed by atoms with Crippen LogP contribution in [0.5, 0.6) is 5.75 Å². The number of carbonyl (C=O) groups is 2. The van der Waals surface area contributed by atoms with Gasteiger partial charge in [0.05, 0.1) is 24.6 Å². The molecule has 0 aliphatic rings. The van der Waals surface area contributed by atoms with E-state index in [9.17, 15) is 22.8 Å². The van der Waals surface area contributed by atoms with Crippen molar-refractivity contribution in [2.24, 2.45) is 0 Å². The Balaban J connectivity index is 1.82. The van der Waals surface area contributed by atoms with Gasteiger partial charge in [0.15, 0.2) is 17.2 Å². The summed E-state index contributed by atoms with van der Waals surface area (Å²) in [5.74, 6) is -6.16. The Bertz CT molecular complexity index is 1630. The van der Waals surface area contributed by atoms with Crippen molar-refractivity contribution in [2.75, 3.05) is 31.3 Å². The number of ether oxygens (including phenoxy) is 1. The summed E-state index contributed by atoms with van der Waals surface area (Å²) in [4.78, 5) is 24.3. The first-order valence-electron chi connectivity index (χ1n) is 11.9. The monoisotopic (exact) mass is 554 g/mol. The summed E-state index contributed by atoms with van der Waals surface area (Å²) >= 11 is 0. The van der Waals surface area contributed by atoms with Crippen LogP contribution in [0.4, 0.5) is 24.7 Å². The van der Waals surface area contributed by atoms with E-state index >= 15 is 0 Å². The van der Waals surface area contributed by atoms with Crippen LogP contribution in [-0.2, 0) is 4.79 Å². The Hall–Kier alpha value is -4.84. The predicted octanol–water partition coefficient (Wildman–Crippen LogP) is 4.84. The standard InChI is InChI=1S/C28H25F3N4O5/c1-14-10-17(34-26(37)15(2)29)5-7-18(14)19-8-9-21-24(25(32)35-40-21)23(19)16-4-6-20(22(11-16)39-3)27(38)33-12-28(30,31)13-36/h4-11,36H,2,12-13H2,1,3H3,(H2,32,35)(H,33,38)(H,34,37). The molecule has 1 heterocycles. The normalized spacial score (nSPS) is 11.3. The zero-order chi connectivity index (χ0) is 29.2. The molecule has 0 unspecified atom stereocenters. The molecule has 208 valence electrons. The number of nitrogens with one attached hydrogen (secondary N) is 2. The maximum atomic E-state index is 13.4. The molecule has 0 saturated heterocycles. The fourth-order valence-corrected chi connectivity index (χ4v) is 4.22. The van der Waals surface area contributed by atoms with Crippen molar-refractivity contribution < 1.29 is 37.1 Å². The van der Waals surface area contributed by atoms with Crippen LogP contribution in [0, 0.1) is 6.92 Å². The first-order valence-corrected chi connectivity index (χ1v) is 11.9. The van der Waals surface area contributed by atoms with E-state index in [1.807, 2.05) is 0 Å². The number of hydrogen-bond donors (Lipinski definition) is 4. The van der Waals surface area contributed by atoms with E-state index in [4.69, 9.17) is 20.1 Å². The van der Waals surface area contributed by atoms with Gasteiger partial charge in [0.25, 0.3) is 17.7 Å². The summed E-state index contributed by atoms with van der Waals surface area (Å²) in [6, 6.07) is 13.1. The Morgan fingerprint density at radius 1 is 1.15 bits per heavy atom. The molecule has 0 bridgehead atoms. The minimum absolute atomic E-state index is 0.00210. The number of alkyl halides is 2. The van der Waals surface area contributed by atoms with E-state index in [1.165, 1.54) is 13.2 Å². The molecule has 12 heteroatoms. The highest BCUT2D eigenvalue weighted by atomic mass is 19.3. The third-order valence-electron chi connectivity index (χ3n) is 6.16. The molecule has 0 saturated carbocycles. The molecule has 5 N–H and O–H groups in total. The second kappa shape index (κ2) is 11.1. The van der Waals surface area contributed by atoms with Crippen LogP contribution in [0.3, 0.4) is 0 Å². The molecule has 0 radical (unpaired) electrons. The molecule has 0 aliphatic carbocycles. The van der Waals surface area contributed by atoms with Gasteiger partial charge in [0.2, 0.25) is 0 Å². The van der Waals surface area contributed by atoms with Crippen molar-refractivity contribution >= 4 is 34.3 Å². The average molecular weight is 555 g/mol. The Labute approximate surface area is 226 Å². The van der Waals surface area contributed by atoms with E-state index in [0.29, 0.717) is 33.3 Å². The van der Waals surface area contributed by atoms with Gasteiger partial charge >= 0.3 is 0 Å². The highest BCUT2D eigenvalue weighted by Gasteiger charge is 2.29.